The van der Waals surface area contributed by atoms with E-state index in [0.717, 1.165) is 35.7 Å². The molecule has 1 saturated carbocycles. The fraction of sp³-hybridized carbons (Fsp3) is 0.545. The van der Waals surface area contributed by atoms with Gasteiger partial charge < -0.3 is 15.2 Å². The summed E-state index contributed by atoms with van der Waals surface area (Å²) >= 11 is 12.3. The largest absolute Gasteiger partial charge is 0.347 e. The van der Waals surface area contributed by atoms with Crippen LogP contribution in [0.3, 0.4) is 0 Å². The van der Waals surface area contributed by atoms with E-state index in [9.17, 15) is 4.79 Å². The molecule has 1 aliphatic heterocycles. The number of hydrogen-bond acceptors (Lipinski definition) is 4. The third kappa shape index (κ3) is 7.33. The molecule has 0 radical (unpaired) electrons. The first kappa shape index (κ1) is 30.1. The summed E-state index contributed by atoms with van der Waals surface area (Å²) < 4.78 is 2.13. The number of aryl methyl sites for hydroxylation is 1. The number of halogens is 2. The van der Waals surface area contributed by atoms with Crippen molar-refractivity contribution in [2.75, 3.05) is 13.1 Å². The number of nitrogens with zero attached hydrogens (tertiary/aromatic N) is 3. The summed E-state index contributed by atoms with van der Waals surface area (Å²) in [4.78, 5) is 23.1. The van der Waals surface area contributed by atoms with Crippen LogP contribution in [0.25, 0.3) is 0 Å². The number of pyridine rings is 1. The molecule has 2 unspecified atom stereocenters. The smallest absolute Gasteiger partial charge is 0.270 e. The highest BCUT2D eigenvalue weighted by molar-refractivity contribution is 6.42. The summed E-state index contributed by atoms with van der Waals surface area (Å²) in [5, 5.41) is 7.83. The quantitative estimate of drug-likeness (QED) is 0.306. The molecule has 2 atom stereocenters. The molecular formula is C33H43Cl2N5O. The fourth-order valence-electron chi connectivity index (χ4n) is 7.10. The fourth-order valence-corrected chi connectivity index (χ4v) is 7.42. The lowest BCUT2D eigenvalue weighted by Gasteiger charge is -2.48. The Bertz CT molecular complexity index is 1330. The Morgan fingerprint density at radius 1 is 1.02 bits per heavy atom. The van der Waals surface area contributed by atoms with Gasteiger partial charge in [-0.25, -0.2) is 9.97 Å². The normalized spacial score (nSPS) is 21.5. The highest BCUT2D eigenvalue weighted by Crippen LogP contribution is 2.50. The predicted molar refractivity (Wildman–Crippen MR) is 167 cm³/mol. The molecule has 1 aliphatic carbocycles. The van der Waals surface area contributed by atoms with Gasteiger partial charge in [0.05, 0.1) is 10.0 Å². The molecule has 1 amide bonds. The number of aromatic nitrogens is 3. The molecule has 5 rings (SSSR count). The van der Waals surface area contributed by atoms with Crippen LogP contribution in [0.5, 0.6) is 0 Å². The minimum absolute atomic E-state index is 0.152. The first-order valence-corrected chi connectivity index (χ1v) is 16.0. The van der Waals surface area contributed by atoms with Gasteiger partial charge in [0, 0.05) is 43.6 Å². The zero-order valence-electron chi connectivity index (χ0n) is 24.4. The monoisotopic (exact) mass is 595 g/mol. The molecule has 2 fully saturated rings. The number of piperidine rings is 1. The van der Waals surface area contributed by atoms with Crippen molar-refractivity contribution < 1.29 is 4.79 Å². The van der Waals surface area contributed by atoms with Gasteiger partial charge in [-0.2, -0.15) is 0 Å². The summed E-state index contributed by atoms with van der Waals surface area (Å²) in [5.74, 6) is 1.50. The van der Waals surface area contributed by atoms with Gasteiger partial charge in [0.1, 0.15) is 11.5 Å². The van der Waals surface area contributed by atoms with Crippen LogP contribution in [0.2, 0.25) is 10.0 Å². The van der Waals surface area contributed by atoms with E-state index in [-0.39, 0.29) is 11.3 Å². The van der Waals surface area contributed by atoms with Crippen molar-refractivity contribution in [2.24, 2.45) is 11.3 Å². The third-order valence-electron chi connectivity index (χ3n) is 9.19. The summed E-state index contributed by atoms with van der Waals surface area (Å²) in [7, 11) is 0. The van der Waals surface area contributed by atoms with Crippen molar-refractivity contribution in [1.82, 2.24) is 25.2 Å². The molecule has 41 heavy (non-hydrogen) atoms. The SMILES string of the molecule is Cc1nccn1Cc1cc(C(=O)NCc2ccc(Cl)c(Cl)c2)nc(C2C(C)CNCC23CCCCCCCCC3)c1. The Morgan fingerprint density at radius 2 is 1.76 bits per heavy atom. The van der Waals surface area contributed by atoms with E-state index in [1.165, 1.54) is 57.8 Å². The molecule has 1 saturated heterocycles. The summed E-state index contributed by atoms with van der Waals surface area (Å²) in [5.41, 5.74) is 3.66. The molecule has 1 aromatic carbocycles. The predicted octanol–water partition coefficient (Wildman–Crippen LogP) is 7.71. The lowest BCUT2D eigenvalue weighted by Crippen LogP contribution is -2.50. The lowest BCUT2D eigenvalue weighted by atomic mass is 9.61. The number of nitrogens with one attached hydrogen (secondary N) is 2. The maximum atomic E-state index is 13.6. The van der Waals surface area contributed by atoms with E-state index < -0.39 is 0 Å². The van der Waals surface area contributed by atoms with Crippen LogP contribution >= 0.6 is 23.2 Å². The van der Waals surface area contributed by atoms with Crippen LogP contribution in [0.4, 0.5) is 0 Å². The number of carbonyl (C=O) groups is 1. The Hall–Kier alpha value is -2.41. The zero-order valence-corrected chi connectivity index (χ0v) is 25.9. The molecule has 8 heteroatoms. The molecule has 220 valence electrons. The molecule has 1 spiro atoms. The van der Waals surface area contributed by atoms with Crippen molar-refractivity contribution in [2.45, 2.75) is 90.6 Å². The second-order valence-electron chi connectivity index (χ2n) is 12.2. The number of benzene rings is 1. The van der Waals surface area contributed by atoms with E-state index in [1.807, 2.05) is 31.5 Å². The standard InChI is InChI=1S/C33H43Cl2N5O/c1-23-19-36-22-33(12-8-6-4-3-5-7-9-13-33)31(23)29-17-26(21-40-15-14-37-24(40)2)18-30(39-29)32(41)38-20-25-10-11-27(34)28(35)16-25/h10-11,14-18,23,31,36H,3-9,12-13,19-22H2,1-2H3,(H,38,41). The highest BCUT2D eigenvalue weighted by atomic mass is 35.5. The van der Waals surface area contributed by atoms with Crippen molar-refractivity contribution >= 4 is 29.1 Å². The van der Waals surface area contributed by atoms with Gasteiger partial charge in [-0.15, -0.1) is 0 Å². The number of imidazole rings is 1. The van der Waals surface area contributed by atoms with Crippen LogP contribution in [-0.2, 0) is 13.1 Å². The van der Waals surface area contributed by atoms with E-state index >= 15 is 0 Å². The molecular weight excluding hydrogens is 553 g/mol. The maximum Gasteiger partial charge on any atom is 0.270 e. The van der Waals surface area contributed by atoms with E-state index in [4.69, 9.17) is 28.2 Å². The Balaban J connectivity index is 1.49. The van der Waals surface area contributed by atoms with Gasteiger partial charge in [0.25, 0.3) is 5.91 Å². The number of carbonyl (C=O) groups excluding carboxylic acids is 1. The van der Waals surface area contributed by atoms with Gasteiger partial charge in [-0.1, -0.05) is 81.1 Å². The van der Waals surface area contributed by atoms with Crippen LogP contribution in [-0.4, -0.2) is 33.5 Å². The van der Waals surface area contributed by atoms with Gasteiger partial charge in [0.15, 0.2) is 0 Å². The minimum atomic E-state index is -0.178. The number of amides is 1. The second-order valence-corrected chi connectivity index (χ2v) is 13.1. The van der Waals surface area contributed by atoms with E-state index in [2.05, 4.69) is 33.2 Å². The first-order valence-electron chi connectivity index (χ1n) is 15.3. The Labute approximate surface area is 254 Å². The average Bonchev–Trinajstić information content (AvgIpc) is 3.36. The molecule has 3 heterocycles. The van der Waals surface area contributed by atoms with Crippen LogP contribution in [0, 0.1) is 18.3 Å². The molecule has 2 aliphatic rings. The molecule has 6 nitrogen and oxygen atoms in total. The first-order chi connectivity index (χ1) is 19.8. The molecule has 3 aromatic rings. The van der Waals surface area contributed by atoms with Gasteiger partial charge in [-0.05, 0) is 73.0 Å². The van der Waals surface area contributed by atoms with Gasteiger partial charge in [0.2, 0.25) is 0 Å². The van der Waals surface area contributed by atoms with E-state index in [0.29, 0.717) is 40.7 Å². The maximum absolute atomic E-state index is 13.6. The van der Waals surface area contributed by atoms with Crippen molar-refractivity contribution in [3.8, 4) is 0 Å². The molecule has 0 bridgehead atoms. The lowest BCUT2D eigenvalue weighted by molar-refractivity contribution is 0.0877. The average molecular weight is 597 g/mol. The molecule has 2 aromatic heterocycles. The number of rotatable bonds is 6. The second kappa shape index (κ2) is 13.7. The highest BCUT2D eigenvalue weighted by Gasteiger charge is 2.45. The number of hydrogen-bond donors (Lipinski definition) is 2. The van der Waals surface area contributed by atoms with Crippen LogP contribution in [0.15, 0.2) is 42.7 Å². The van der Waals surface area contributed by atoms with Gasteiger partial charge >= 0.3 is 0 Å². The summed E-state index contributed by atoms with van der Waals surface area (Å²) in [6.45, 7) is 7.37. The topological polar surface area (TPSA) is 71.8 Å². The summed E-state index contributed by atoms with van der Waals surface area (Å²) in [6, 6.07) is 9.64. The zero-order chi connectivity index (χ0) is 28.8. The Kier molecular flexibility index (Phi) is 10.1. The summed E-state index contributed by atoms with van der Waals surface area (Å²) in [6.07, 6.45) is 15.4. The minimum Gasteiger partial charge on any atom is -0.347 e. The van der Waals surface area contributed by atoms with Gasteiger partial charge in [-0.3, -0.25) is 4.79 Å². The Morgan fingerprint density at radius 3 is 2.44 bits per heavy atom. The van der Waals surface area contributed by atoms with E-state index in [1.54, 1.807) is 12.1 Å². The third-order valence-corrected chi connectivity index (χ3v) is 9.93. The van der Waals surface area contributed by atoms with Crippen LogP contribution in [0.1, 0.15) is 104 Å². The van der Waals surface area contributed by atoms with Crippen molar-refractivity contribution in [3.05, 3.63) is 81.1 Å². The van der Waals surface area contributed by atoms with Crippen molar-refractivity contribution in [3.63, 3.8) is 0 Å². The van der Waals surface area contributed by atoms with Crippen molar-refractivity contribution in [1.29, 1.82) is 0 Å². The molecule has 2 N–H and O–H groups in total. The van der Waals surface area contributed by atoms with Crippen LogP contribution < -0.4 is 10.6 Å².